The summed E-state index contributed by atoms with van der Waals surface area (Å²) in [6.45, 7) is 0.622. The lowest BCUT2D eigenvalue weighted by atomic mass is 10.3. The van der Waals surface area contributed by atoms with E-state index in [2.05, 4.69) is 15.3 Å². The van der Waals surface area contributed by atoms with Crippen LogP contribution in [0.3, 0.4) is 0 Å². The number of anilines is 1. The van der Waals surface area contributed by atoms with Crippen LogP contribution < -0.4 is 5.32 Å². The Balaban J connectivity index is 1.99. The summed E-state index contributed by atoms with van der Waals surface area (Å²) in [7, 11) is 0. The van der Waals surface area contributed by atoms with Gasteiger partial charge in [0.1, 0.15) is 0 Å². The highest BCUT2D eigenvalue weighted by Gasteiger charge is 1.95. The molecule has 0 fully saturated rings. The third-order valence-electron chi connectivity index (χ3n) is 1.95. The number of rotatable bonds is 3. The maximum Gasteiger partial charge on any atom is 0.214 e. The van der Waals surface area contributed by atoms with Crippen molar-refractivity contribution in [3.8, 4) is 0 Å². The van der Waals surface area contributed by atoms with E-state index in [-0.39, 0.29) is 0 Å². The van der Waals surface area contributed by atoms with E-state index >= 15 is 0 Å². The molecule has 0 aliphatic carbocycles. The molecule has 1 N–H and O–H groups in total. The first-order valence-electron chi connectivity index (χ1n) is 4.59. The van der Waals surface area contributed by atoms with Crippen LogP contribution in [0.1, 0.15) is 5.56 Å². The van der Waals surface area contributed by atoms with E-state index in [1.54, 1.807) is 18.5 Å². The summed E-state index contributed by atoms with van der Waals surface area (Å²) in [4.78, 5) is 7.46. The molecule has 0 amide bonds. The summed E-state index contributed by atoms with van der Waals surface area (Å²) >= 11 is 0. The molecule has 0 saturated heterocycles. The van der Waals surface area contributed by atoms with Crippen molar-refractivity contribution in [2.45, 2.75) is 6.54 Å². The van der Waals surface area contributed by atoms with Crippen molar-refractivity contribution in [3.63, 3.8) is 0 Å². The van der Waals surface area contributed by atoms with Crippen LogP contribution in [0.25, 0.3) is 0 Å². The number of aromatic nitrogens is 2. The molecule has 0 bridgehead atoms. The number of nitrogens with zero attached hydrogens (tertiary/aromatic N) is 2. The Morgan fingerprint density at radius 1 is 1.27 bits per heavy atom. The summed E-state index contributed by atoms with van der Waals surface area (Å²) < 4.78 is 12.7. The van der Waals surface area contributed by atoms with Crippen LogP contribution in [0, 0.1) is 5.95 Å². The van der Waals surface area contributed by atoms with Crippen LogP contribution in [0.5, 0.6) is 0 Å². The van der Waals surface area contributed by atoms with Gasteiger partial charge in [-0.15, -0.1) is 0 Å². The molecule has 0 aromatic carbocycles. The molecule has 4 heteroatoms. The predicted molar refractivity (Wildman–Crippen MR) is 55.8 cm³/mol. The van der Waals surface area contributed by atoms with Crippen molar-refractivity contribution in [3.05, 3.63) is 54.4 Å². The van der Waals surface area contributed by atoms with Gasteiger partial charge in [0.2, 0.25) is 5.95 Å². The molecule has 0 aliphatic rings. The molecule has 0 spiro atoms. The van der Waals surface area contributed by atoms with Gasteiger partial charge >= 0.3 is 0 Å². The maximum absolute atomic E-state index is 12.7. The molecule has 0 unspecified atom stereocenters. The fourth-order valence-corrected chi connectivity index (χ4v) is 1.22. The van der Waals surface area contributed by atoms with Crippen molar-refractivity contribution in [1.82, 2.24) is 9.97 Å². The highest BCUT2D eigenvalue weighted by molar-refractivity contribution is 5.41. The highest BCUT2D eigenvalue weighted by Crippen LogP contribution is 2.08. The molecular formula is C11H10FN3. The second-order valence-electron chi connectivity index (χ2n) is 3.08. The molecule has 2 heterocycles. The third kappa shape index (κ3) is 2.74. The first kappa shape index (κ1) is 9.58. The van der Waals surface area contributed by atoms with Crippen LogP contribution >= 0.6 is 0 Å². The van der Waals surface area contributed by atoms with Gasteiger partial charge < -0.3 is 5.32 Å². The summed E-state index contributed by atoms with van der Waals surface area (Å²) in [6.07, 6.45) is 4.92. The van der Waals surface area contributed by atoms with E-state index in [1.165, 1.54) is 12.3 Å². The zero-order chi connectivity index (χ0) is 10.5. The van der Waals surface area contributed by atoms with Crippen molar-refractivity contribution < 1.29 is 4.39 Å². The van der Waals surface area contributed by atoms with Crippen LogP contribution in [0.4, 0.5) is 10.1 Å². The van der Waals surface area contributed by atoms with E-state index in [0.29, 0.717) is 12.2 Å². The minimum absolute atomic E-state index is 0.480. The summed E-state index contributed by atoms with van der Waals surface area (Å²) in [5, 5.41) is 3.08. The lowest BCUT2D eigenvalue weighted by molar-refractivity contribution is 0.584. The Morgan fingerprint density at radius 2 is 2.20 bits per heavy atom. The van der Waals surface area contributed by atoms with Gasteiger partial charge in [-0.1, -0.05) is 6.07 Å². The number of halogens is 1. The molecule has 2 rings (SSSR count). The lowest BCUT2D eigenvalue weighted by Crippen LogP contribution is -2.00. The van der Waals surface area contributed by atoms with Gasteiger partial charge in [0.05, 0.1) is 0 Å². The normalized spacial score (nSPS) is 9.93. The van der Waals surface area contributed by atoms with Crippen molar-refractivity contribution in [2.75, 3.05) is 5.32 Å². The molecule has 0 atom stereocenters. The zero-order valence-corrected chi connectivity index (χ0v) is 8.02. The maximum atomic E-state index is 12.7. The molecule has 0 saturated carbocycles. The summed E-state index contributed by atoms with van der Waals surface area (Å²) in [5.74, 6) is -0.480. The minimum atomic E-state index is -0.480. The van der Waals surface area contributed by atoms with Gasteiger partial charge in [-0.3, -0.25) is 4.98 Å². The number of nitrogens with one attached hydrogen (secondary N) is 1. The Kier molecular flexibility index (Phi) is 2.88. The van der Waals surface area contributed by atoms with Gasteiger partial charge in [-0.05, 0) is 17.7 Å². The van der Waals surface area contributed by atoms with Crippen LogP contribution in [-0.2, 0) is 6.54 Å². The standard InChI is InChI=1S/C11H10FN3/c12-11-6-10(3-5-14-11)15-8-9-2-1-4-13-7-9/h1-7H,8H2,(H,14,15). The average molecular weight is 203 g/mol. The van der Waals surface area contributed by atoms with Crippen LogP contribution in [-0.4, -0.2) is 9.97 Å². The smallest absolute Gasteiger partial charge is 0.214 e. The van der Waals surface area contributed by atoms with Crippen LogP contribution in [0.15, 0.2) is 42.9 Å². The largest absolute Gasteiger partial charge is 0.381 e. The van der Waals surface area contributed by atoms with E-state index in [1.807, 2.05) is 12.1 Å². The van der Waals surface area contributed by atoms with Gasteiger partial charge in [0.15, 0.2) is 0 Å². The summed E-state index contributed by atoms with van der Waals surface area (Å²) in [5.41, 5.74) is 1.76. The molecule has 0 aliphatic heterocycles. The van der Waals surface area contributed by atoms with Crippen molar-refractivity contribution in [1.29, 1.82) is 0 Å². The Hall–Kier alpha value is -1.97. The molecule has 3 nitrogen and oxygen atoms in total. The fraction of sp³-hybridized carbons (Fsp3) is 0.0909. The SMILES string of the molecule is Fc1cc(NCc2cccnc2)ccn1. The van der Waals surface area contributed by atoms with E-state index < -0.39 is 5.95 Å². The predicted octanol–water partition coefficient (Wildman–Crippen LogP) is 2.23. The fourth-order valence-electron chi connectivity index (χ4n) is 1.22. The number of pyridine rings is 2. The summed E-state index contributed by atoms with van der Waals surface area (Å²) in [6, 6.07) is 6.90. The van der Waals surface area contributed by atoms with Crippen molar-refractivity contribution >= 4 is 5.69 Å². The van der Waals surface area contributed by atoms with E-state index in [9.17, 15) is 4.39 Å². The second-order valence-corrected chi connectivity index (χ2v) is 3.08. The van der Waals surface area contributed by atoms with Gasteiger partial charge in [-0.2, -0.15) is 4.39 Å². The Bertz CT molecular complexity index is 431. The molecular weight excluding hydrogens is 193 g/mol. The Labute approximate surface area is 87.0 Å². The lowest BCUT2D eigenvalue weighted by Gasteiger charge is -2.05. The zero-order valence-electron chi connectivity index (χ0n) is 8.02. The molecule has 76 valence electrons. The molecule has 0 radical (unpaired) electrons. The highest BCUT2D eigenvalue weighted by atomic mass is 19.1. The Morgan fingerprint density at radius 3 is 2.93 bits per heavy atom. The van der Waals surface area contributed by atoms with Crippen LogP contribution in [0.2, 0.25) is 0 Å². The van der Waals surface area contributed by atoms with E-state index in [4.69, 9.17) is 0 Å². The van der Waals surface area contributed by atoms with Gasteiger partial charge in [-0.25, -0.2) is 4.98 Å². The first-order chi connectivity index (χ1) is 7.34. The molecule has 2 aromatic rings. The average Bonchev–Trinajstić information content (AvgIpc) is 2.28. The first-order valence-corrected chi connectivity index (χ1v) is 4.59. The monoisotopic (exact) mass is 203 g/mol. The second kappa shape index (κ2) is 4.50. The van der Waals surface area contributed by atoms with Gasteiger partial charge in [0, 0.05) is 36.9 Å². The molecule has 2 aromatic heterocycles. The number of hydrogen-bond donors (Lipinski definition) is 1. The van der Waals surface area contributed by atoms with Gasteiger partial charge in [0.25, 0.3) is 0 Å². The topological polar surface area (TPSA) is 37.8 Å². The quantitative estimate of drug-likeness (QED) is 0.777. The minimum Gasteiger partial charge on any atom is -0.381 e. The molecule has 15 heavy (non-hydrogen) atoms. The van der Waals surface area contributed by atoms with E-state index in [0.717, 1.165) is 5.56 Å². The number of hydrogen-bond acceptors (Lipinski definition) is 3. The third-order valence-corrected chi connectivity index (χ3v) is 1.95. The van der Waals surface area contributed by atoms with Crippen molar-refractivity contribution in [2.24, 2.45) is 0 Å².